The molecule has 0 aliphatic heterocycles. The normalized spacial score (nSPS) is 25.8. The van der Waals surface area contributed by atoms with Gasteiger partial charge >= 0.3 is 0 Å². The zero-order valence-corrected chi connectivity index (χ0v) is 8.71. The van der Waals surface area contributed by atoms with E-state index in [0.29, 0.717) is 16.9 Å². The Labute approximate surface area is 86.5 Å². The summed E-state index contributed by atoms with van der Waals surface area (Å²) in [6, 6.07) is 1.87. The van der Waals surface area contributed by atoms with E-state index in [9.17, 15) is 4.79 Å². The van der Waals surface area contributed by atoms with Crippen LogP contribution in [-0.4, -0.2) is 22.8 Å². The fourth-order valence-corrected chi connectivity index (χ4v) is 1.98. The van der Waals surface area contributed by atoms with Gasteiger partial charge in [0.15, 0.2) is 4.77 Å². The predicted molar refractivity (Wildman–Crippen MR) is 55.0 cm³/mol. The minimum absolute atomic E-state index is 0.145. The molecular weight excluding hydrogens is 200 g/mol. The first kappa shape index (κ1) is 9.61. The number of ether oxygens (including phenoxy) is 1. The molecule has 0 saturated heterocycles. The molecule has 4 nitrogen and oxygen atoms in total. The largest absolute Gasteiger partial charge is 0.381 e. The second-order valence-corrected chi connectivity index (χ2v) is 3.89. The van der Waals surface area contributed by atoms with E-state index < -0.39 is 0 Å². The molecule has 5 heteroatoms. The van der Waals surface area contributed by atoms with E-state index in [1.807, 2.05) is 4.57 Å². The van der Waals surface area contributed by atoms with Gasteiger partial charge in [0, 0.05) is 25.4 Å². The molecule has 1 aromatic heterocycles. The SMILES string of the molecule is COC1CC(n2ccc(=O)[nH]c2=S)C1. The lowest BCUT2D eigenvalue weighted by Gasteiger charge is -2.35. The third kappa shape index (κ3) is 1.65. The molecule has 0 amide bonds. The molecule has 76 valence electrons. The molecule has 0 aromatic carbocycles. The van der Waals surface area contributed by atoms with Crippen molar-refractivity contribution in [2.45, 2.75) is 25.0 Å². The van der Waals surface area contributed by atoms with E-state index in [1.165, 1.54) is 6.07 Å². The van der Waals surface area contributed by atoms with Crippen molar-refractivity contribution in [3.8, 4) is 0 Å². The summed E-state index contributed by atoms with van der Waals surface area (Å²) in [6.07, 6.45) is 4.03. The average molecular weight is 212 g/mol. The van der Waals surface area contributed by atoms with Crippen LogP contribution in [0.1, 0.15) is 18.9 Å². The summed E-state index contributed by atoms with van der Waals surface area (Å²) in [5.74, 6) is 0. The third-order valence-corrected chi connectivity index (χ3v) is 2.96. The van der Waals surface area contributed by atoms with Crippen molar-refractivity contribution >= 4 is 12.2 Å². The highest BCUT2D eigenvalue weighted by Gasteiger charge is 2.30. The standard InChI is InChI=1S/C9H12N2O2S/c1-13-7-4-6(5-7)11-3-2-8(12)10-9(11)14/h2-3,6-7H,4-5H2,1H3,(H,10,12,14). The number of aromatic amines is 1. The highest BCUT2D eigenvalue weighted by molar-refractivity contribution is 7.71. The van der Waals surface area contributed by atoms with Crippen LogP contribution in [0.2, 0.25) is 0 Å². The number of hydrogen-bond donors (Lipinski definition) is 1. The summed E-state index contributed by atoms with van der Waals surface area (Å²) in [6.45, 7) is 0. The van der Waals surface area contributed by atoms with Crippen LogP contribution in [0.15, 0.2) is 17.1 Å². The number of methoxy groups -OCH3 is 1. The van der Waals surface area contributed by atoms with Crippen molar-refractivity contribution in [3.05, 3.63) is 27.4 Å². The summed E-state index contributed by atoms with van der Waals surface area (Å²) in [4.78, 5) is 13.5. The van der Waals surface area contributed by atoms with Crippen molar-refractivity contribution in [2.75, 3.05) is 7.11 Å². The van der Waals surface area contributed by atoms with E-state index in [4.69, 9.17) is 17.0 Å². The van der Waals surface area contributed by atoms with E-state index in [2.05, 4.69) is 4.98 Å². The summed E-state index contributed by atoms with van der Waals surface area (Å²) in [5, 5.41) is 0. The maximum Gasteiger partial charge on any atom is 0.251 e. The van der Waals surface area contributed by atoms with Crippen LogP contribution in [-0.2, 0) is 4.74 Å². The molecule has 0 atom stereocenters. The van der Waals surface area contributed by atoms with E-state index in [1.54, 1.807) is 13.3 Å². The number of nitrogens with one attached hydrogen (secondary N) is 1. The van der Waals surface area contributed by atoms with Crippen molar-refractivity contribution in [1.82, 2.24) is 9.55 Å². The highest BCUT2D eigenvalue weighted by atomic mass is 32.1. The number of aromatic nitrogens is 2. The first-order chi connectivity index (χ1) is 6.70. The maximum atomic E-state index is 10.9. The fourth-order valence-electron chi connectivity index (χ4n) is 1.67. The monoisotopic (exact) mass is 212 g/mol. The van der Waals surface area contributed by atoms with Gasteiger partial charge in [0.25, 0.3) is 5.56 Å². The summed E-state index contributed by atoms with van der Waals surface area (Å²) in [5.41, 5.74) is -0.145. The Bertz CT molecular complexity index is 431. The maximum absolute atomic E-state index is 10.9. The fraction of sp³-hybridized carbons (Fsp3) is 0.556. The molecule has 1 N–H and O–H groups in total. The first-order valence-electron chi connectivity index (χ1n) is 4.55. The highest BCUT2D eigenvalue weighted by Crippen LogP contribution is 2.33. The Kier molecular flexibility index (Phi) is 2.52. The molecular formula is C9H12N2O2S. The Hall–Kier alpha value is -0.940. The van der Waals surface area contributed by atoms with E-state index in [-0.39, 0.29) is 5.56 Å². The second kappa shape index (κ2) is 3.67. The molecule has 0 bridgehead atoms. The molecule has 1 aromatic rings. The molecule has 1 saturated carbocycles. The van der Waals surface area contributed by atoms with Gasteiger partial charge in [0.2, 0.25) is 0 Å². The Morgan fingerprint density at radius 3 is 2.93 bits per heavy atom. The molecule has 0 spiro atoms. The minimum Gasteiger partial charge on any atom is -0.381 e. The van der Waals surface area contributed by atoms with Crippen LogP contribution >= 0.6 is 12.2 Å². The van der Waals surface area contributed by atoms with Crippen molar-refractivity contribution in [2.24, 2.45) is 0 Å². The number of hydrogen-bond acceptors (Lipinski definition) is 3. The quantitative estimate of drug-likeness (QED) is 0.751. The molecule has 2 rings (SSSR count). The molecule has 0 radical (unpaired) electrons. The smallest absolute Gasteiger partial charge is 0.251 e. The van der Waals surface area contributed by atoms with Gasteiger partial charge in [0.05, 0.1) is 6.10 Å². The van der Waals surface area contributed by atoms with Gasteiger partial charge in [-0.25, -0.2) is 0 Å². The van der Waals surface area contributed by atoms with Crippen LogP contribution in [0.3, 0.4) is 0 Å². The molecule has 14 heavy (non-hydrogen) atoms. The Balaban J connectivity index is 2.19. The first-order valence-corrected chi connectivity index (χ1v) is 4.96. The Morgan fingerprint density at radius 2 is 2.36 bits per heavy atom. The van der Waals surface area contributed by atoms with Gasteiger partial charge in [-0.1, -0.05) is 0 Å². The summed E-state index contributed by atoms with van der Waals surface area (Å²) < 4.78 is 7.60. The van der Waals surface area contributed by atoms with Gasteiger partial charge in [0.1, 0.15) is 0 Å². The summed E-state index contributed by atoms with van der Waals surface area (Å²) >= 11 is 5.06. The van der Waals surface area contributed by atoms with Gasteiger partial charge in [-0.05, 0) is 25.1 Å². The number of nitrogens with zero attached hydrogens (tertiary/aromatic N) is 1. The van der Waals surface area contributed by atoms with Crippen molar-refractivity contribution < 1.29 is 4.74 Å². The lowest BCUT2D eigenvalue weighted by molar-refractivity contribution is 0.00530. The molecule has 0 unspecified atom stereocenters. The second-order valence-electron chi connectivity index (χ2n) is 3.50. The minimum atomic E-state index is -0.145. The van der Waals surface area contributed by atoms with Crippen LogP contribution in [0.25, 0.3) is 0 Å². The van der Waals surface area contributed by atoms with Crippen LogP contribution in [0, 0.1) is 4.77 Å². The number of H-pyrrole nitrogens is 1. The third-order valence-electron chi connectivity index (χ3n) is 2.65. The zero-order valence-electron chi connectivity index (χ0n) is 7.90. The predicted octanol–water partition coefficient (Wildman–Crippen LogP) is 1.26. The van der Waals surface area contributed by atoms with E-state index >= 15 is 0 Å². The molecule has 1 aliphatic carbocycles. The Morgan fingerprint density at radius 1 is 1.64 bits per heavy atom. The number of rotatable bonds is 2. The van der Waals surface area contributed by atoms with Crippen LogP contribution < -0.4 is 5.56 Å². The van der Waals surface area contributed by atoms with Gasteiger partial charge in [-0.3, -0.25) is 9.78 Å². The van der Waals surface area contributed by atoms with Crippen molar-refractivity contribution in [1.29, 1.82) is 0 Å². The topological polar surface area (TPSA) is 47.0 Å². The lowest BCUT2D eigenvalue weighted by Crippen LogP contribution is -2.33. The average Bonchev–Trinajstić information content (AvgIpc) is 2.06. The van der Waals surface area contributed by atoms with Crippen LogP contribution in [0.5, 0.6) is 0 Å². The lowest BCUT2D eigenvalue weighted by atomic mass is 9.89. The molecule has 1 aliphatic rings. The van der Waals surface area contributed by atoms with Gasteiger partial charge in [-0.15, -0.1) is 0 Å². The van der Waals surface area contributed by atoms with Crippen molar-refractivity contribution in [3.63, 3.8) is 0 Å². The molecule has 1 fully saturated rings. The van der Waals surface area contributed by atoms with E-state index in [0.717, 1.165) is 12.8 Å². The van der Waals surface area contributed by atoms with Gasteiger partial charge in [-0.2, -0.15) is 0 Å². The zero-order chi connectivity index (χ0) is 10.1. The van der Waals surface area contributed by atoms with Crippen LogP contribution in [0.4, 0.5) is 0 Å². The molecule has 1 heterocycles. The summed E-state index contributed by atoms with van der Waals surface area (Å²) in [7, 11) is 1.72. The van der Waals surface area contributed by atoms with Gasteiger partial charge < -0.3 is 9.30 Å².